The van der Waals surface area contributed by atoms with Crippen LogP contribution in [-0.4, -0.2) is 36.6 Å². The van der Waals surface area contributed by atoms with Gasteiger partial charge in [-0.2, -0.15) is 0 Å². The Morgan fingerprint density at radius 1 is 1.06 bits per heavy atom. The van der Waals surface area contributed by atoms with E-state index in [-0.39, 0.29) is 11.7 Å². The Morgan fingerprint density at radius 3 is 2.50 bits per heavy atom. The summed E-state index contributed by atoms with van der Waals surface area (Å²) in [7, 11) is -1.55. The lowest BCUT2D eigenvalue weighted by Gasteiger charge is -2.31. The molecular formula is C29H33FN4OSi. The second kappa shape index (κ2) is 9.89. The molecular weight excluding hydrogens is 467 g/mol. The summed E-state index contributed by atoms with van der Waals surface area (Å²) in [6.07, 6.45) is 2.90. The average molecular weight is 501 g/mol. The van der Waals surface area contributed by atoms with Gasteiger partial charge in [0.2, 0.25) is 0 Å². The Kier molecular flexibility index (Phi) is 6.66. The van der Waals surface area contributed by atoms with E-state index in [1.165, 1.54) is 35.8 Å². The molecule has 1 saturated heterocycles. The number of amides is 1. The number of fused-ring (bicyclic) bond motifs is 1. The number of rotatable bonds is 8. The van der Waals surface area contributed by atoms with Crippen LogP contribution in [0.25, 0.3) is 10.9 Å². The summed E-state index contributed by atoms with van der Waals surface area (Å²) < 4.78 is 15.9. The van der Waals surface area contributed by atoms with Gasteiger partial charge in [0.1, 0.15) is 17.3 Å². The zero-order valence-corrected chi connectivity index (χ0v) is 22.2. The van der Waals surface area contributed by atoms with Crippen molar-refractivity contribution in [1.29, 1.82) is 0 Å². The Morgan fingerprint density at radius 2 is 1.86 bits per heavy atom. The summed E-state index contributed by atoms with van der Waals surface area (Å²) >= 11 is 0. The summed E-state index contributed by atoms with van der Waals surface area (Å²) in [4.78, 5) is 20.2. The molecule has 0 unspecified atom stereocenters. The second-order valence-electron chi connectivity index (χ2n) is 9.99. The van der Waals surface area contributed by atoms with Crippen molar-refractivity contribution in [2.45, 2.75) is 45.4 Å². The highest BCUT2D eigenvalue weighted by Crippen LogP contribution is 2.25. The molecule has 1 N–H and O–H groups in total. The van der Waals surface area contributed by atoms with E-state index in [9.17, 15) is 9.18 Å². The lowest BCUT2D eigenvalue weighted by atomic mass is 10.2. The smallest absolute Gasteiger partial charge is 0.272 e. The average Bonchev–Trinajstić information content (AvgIpc) is 3.21. The maximum atomic E-state index is 13.9. The highest BCUT2D eigenvalue weighted by molar-refractivity contribution is 6.90. The maximum absolute atomic E-state index is 13.9. The number of halogens is 1. The molecule has 2 aromatic heterocycles. The van der Waals surface area contributed by atoms with Gasteiger partial charge in [-0.05, 0) is 48.4 Å². The fraction of sp³-hybridized carbons (Fsp3) is 0.310. The third kappa shape index (κ3) is 4.67. The molecule has 186 valence electrons. The first-order valence-corrected chi connectivity index (χ1v) is 15.7. The fourth-order valence-electron chi connectivity index (χ4n) is 4.87. The molecule has 5 rings (SSSR count). The minimum absolute atomic E-state index is 0.200. The molecule has 0 atom stereocenters. The van der Waals surface area contributed by atoms with Crippen LogP contribution in [-0.2, 0) is 6.54 Å². The molecule has 0 radical (unpaired) electrons. The lowest BCUT2D eigenvalue weighted by Crippen LogP contribution is -2.42. The highest BCUT2D eigenvalue weighted by atomic mass is 28.3. The van der Waals surface area contributed by atoms with Crippen LogP contribution in [0.1, 0.15) is 36.3 Å². The molecule has 4 aromatic rings. The molecule has 2 aromatic carbocycles. The zero-order valence-electron chi connectivity index (χ0n) is 21.2. The first-order valence-electron chi connectivity index (χ1n) is 12.8. The number of carbonyl (C=O) groups is 1. The van der Waals surface area contributed by atoms with Crippen LogP contribution in [0.15, 0.2) is 66.9 Å². The van der Waals surface area contributed by atoms with E-state index in [0.29, 0.717) is 17.9 Å². The Balaban J connectivity index is 1.51. The van der Waals surface area contributed by atoms with Gasteiger partial charge in [0.05, 0.1) is 20.0 Å². The molecule has 1 aliphatic rings. The van der Waals surface area contributed by atoms with Crippen LogP contribution < -0.4 is 15.4 Å². The summed E-state index contributed by atoms with van der Waals surface area (Å²) in [5, 5.41) is 5.47. The van der Waals surface area contributed by atoms with E-state index in [0.717, 1.165) is 35.4 Å². The number of pyridine rings is 1. The minimum atomic E-state index is -1.55. The van der Waals surface area contributed by atoms with Gasteiger partial charge in [0.25, 0.3) is 5.91 Å². The van der Waals surface area contributed by atoms with E-state index in [2.05, 4.69) is 53.8 Å². The van der Waals surface area contributed by atoms with E-state index in [1.54, 1.807) is 12.3 Å². The molecule has 3 heterocycles. The molecule has 5 nitrogen and oxygen atoms in total. The van der Waals surface area contributed by atoms with Crippen molar-refractivity contribution < 1.29 is 9.18 Å². The lowest BCUT2D eigenvalue weighted by molar-refractivity contribution is 0.101. The van der Waals surface area contributed by atoms with Gasteiger partial charge < -0.3 is 14.8 Å². The molecule has 36 heavy (non-hydrogen) atoms. The van der Waals surface area contributed by atoms with Crippen molar-refractivity contribution in [2.75, 3.05) is 23.3 Å². The SMILES string of the molecule is CC[Si](C)(CC)c1ccc2c(c1)cc(C(=O)Nc1ccc(N3CCC3)nc1)n2Cc1cccc(F)c1. The molecule has 1 aliphatic heterocycles. The van der Waals surface area contributed by atoms with Crippen LogP contribution in [0.4, 0.5) is 15.9 Å². The highest BCUT2D eigenvalue weighted by Gasteiger charge is 2.26. The normalized spacial score (nSPS) is 13.6. The van der Waals surface area contributed by atoms with Gasteiger partial charge in [0, 0.05) is 30.5 Å². The number of hydrogen-bond acceptors (Lipinski definition) is 3. The number of benzene rings is 2. The van der Waals surface area contributed by atoms with Gasteiger partial charge >= 0.3 is 0 Å². The number of hydrogen-bond donors (Lipinski definition) is 1. The standard InChI is InChI=1S/C29H33FN4OSi/c1-4-36(3,5-2)25-11-12-26-22(17-25)18-27(34(26)20-21-8-6-9-23(30)16-21)29(35)32-24-10-13-28(31-19-24)33-14-7-15-33/h6,8-13,16-19H,4-5,7,14-15,20H2,1-3H3,(H,32,35). The first-order chi connectivity index (χ1) is 17.4. The Hall–Kier alpha value is -3.45. The van der Waals surface area contributed by atoms with Gasteiger partial charge in [-0.1, -0.05) is 61.9 Å². The van der Waals surface area contributed by atoms with E-state index in [1.807, 2.05) is 28.8 Å². The fourth-order valence-corrected chi connectivity index (χ4v) is 7.17. The Labute approximate surface area is 213 Å². The van der Waals surface area contributed by atoms with Gasteiger partial charge in [0.15, 0.2) is 0 Å². The number of aromatic nitrogens is 2. The third-order valence-electron chi connectivity index (χ3n) is 7.81. The van der Waals surface area contributed by atoms with Crippen LogP contribution >= 0.6 is 0 Å². The molecule has 0 bridgehead atoms. The predicted octanol–water partition coefficient (Wildman–Crippen LogP) is 6.01. The topological polar surface area (TPSA) is 50.2 Å². The largest absolute Gasteiger partial charge is 0.356 e. The number of nitrogens with one attached hydrogen (secondary N) is 1. The zero-order chi connectivity index (χ0) is 25.3. The molecule has 0 saturated carbocycles. The van der Waals surface area contributed by atoms with E-state index in [4.69, 9.17) is 0 Å². The predicted molar refractivity (Wildman–Crippen MR) is 149 cm³/mol. The molecule has 0 spiro atoms. The van der Waals surface area contributed by atoms with Crippen LogP contribution in [0.2, 0.25) is 18.6 Å². The van der Waals surface area contributed by atoms with Crippen molar-refractivity contribution in [3.63, 3.8) is 0 Å². The van der Waals surface area contributed by atoms with Crippen molar-refractivity contribution in [3.8, 4) is 0 Å². The van der Waals surface area contributed by atoms with E-state index >= 15 is 0 Å². The van der Waals surface area contributed by atoms with Crippen LogP contribution in [0.3, 0.4) is 0 Å². The molecule has 0 aliphatic carbocycles. The summed E-state index contributed by atoms with van der Waals surface area (Å²) in [6.45, 7) is 9.43. The van der Waals surface area contributed by atoms with Crippen LogP contribution in [0.5, 0.6) is 0 Å². The quantitative estimate of drug-likeness (QED) is 0.301. The van der Waals surface area contributed by atoms with Crippen molar-refractivity contribution in [2.24, 2.45) is 0 Å². The minimum Gasteiger partial charge on any atom is -0.356 e. The van der Waals surface area contributed by atoms with E-state index < -0.39 is 8.07 Å². The molecule has 1 fully saturated rings. The summed E-state index contributed by atoms with van der Waals surface area (Å²) in [5.74, 6) is 0.456. The van der Waals surface area contributed by atoms with Crippen molar-refractivity contribution >= 4 is 41.6 Å². The van der Waals surface area contributed by atoms with Gasteiger partial charge in [-0.3, -0.25) is 4.79 Å². The first kappa shape index (κ1) is 24.3. The van der Waals surface area contributed by atoms with Crippen molar-refractivity contribution in [3.05, 3.63) is 83.9 Å². The summed E-state index contributed by atoms with van der Waals surface area (Å²) in [6, 6.07) is 21.3. The number of nitrogens with zero attached hydrogens (tertiary/aromatic N) is 3. The van der Waals surface area contributed by atoms with Gasteiger partial charge in [-0.25, -0.2) is 9.37 Å². The van der Waals surface area contributed by atoms with Gasteiger partial charge in [-0.15, -0.1) is 0 Å². The number of anilines is 2. The molecule has 7 heteroatoms. The summed E-state index contributed by atoms with van der Waals surface area (Å²) in [5.41, 5.74) is 2.99. The monoisotopic (exact) mass is 500 g/mol. The Bertz CT molecular complexity index is 1390. The third-order valence-corrected chi connectivity index (χ3v) is 12.6. The molecule has 1 amide bonds. The van der Waals surface area contributed by atoms with Crippen molar-refractivity contribution in [1.82, 2.24) is 9.55 Å². The van der Waals surface area contributed by atoms with Crippen LogP contribution in [0, 0.1) is 5.82 Å². The number of carbonyl (C=O) groups excluding carboxylic acids is 1. The maximum Gasteiger partial charge on any atom is 0.272 e. The second-order valence-corrected chi connectivity index (χ2v) is 15.1.